The van der Waals surface area contributed by atoms with E-state index < -0.39 is 0 Å². The zero-order valence-electron chi connectivity index (χ0n) is 14.1. The Balaban J connectivity index is 1.71. The Bertz CT molecular complexity index is 979. The first kappa shape index (κ1) is 17.6. The van der Waals surface area contributed by atoms with E-state index in [0.29, 0.717) is 16.9 Å². The van der Waals surface area contributed by atoms with Crippen molar-refractivity contribution in [1.82, 2.24) is 5.32 Å². The number of carbonyl (C=O) groups is 2. The van der Waals surface area contributed by atoms with Gasteiger partial charge in [-0.2, -0.15) is 0 Å². The molecule has 0 aliphatic heterocycles. The van der Waals surface area contributed by atoms with Gasteiger partial charge in [0.05, 0.1) is 0 Å². The third-order valence-corrected chi connectivity index (χ3v) is 3.93. The standard InChI is InChI=1S/C20H17N3O2S/c1-13(24)21-20(26)23-16-11-9-15(10-12-16)22-19(25)18-8-4-6-14-5-2-3-7-17(14)18/h2-12H,1H3,(H,22,25)(H2,21,23,24,26). The number of hydrogen-bond acceptors (Lipinski definition) is 3. The lowest BCUT2D eigenvalue weighted by atomic mass is 10.0. The summed E-state index contributed by atoms with van der Waals surface area (Å²) in [7, 11) is 0. The van der Waals surface area contributed by atoms with Crippen molar-refractivity contribution in [3.8, 4) is 0 Å². The van der Waals surface area contributed by atoms with E-state index in [1.807, 2.05) is 36.4 Å². The Morgan fingerprint density at radius 2 is 1.42 bits per heavy atom. The zero-order valence-corrected chi connectivity index (χ0v) is 14.9. The molecule has 0 aliphatic rings. The summed E-state index contributed by atoms with van der Waals surface area (Å²) in [5.74, 6) is -0.405. The quantitative estimate of drug-likeness (QED) is 0.617. The molecule has 0 heterocycles. The van der Waals surface area contributed by atoms with Gasteiger partial charge in [0, 0.05) is 23.9 Å². The van der Waals surface area contributed by atoms with Gasteiger partial charge >= 0.3 is 0 Å². The zero-order chi connectivity index (χ0) is 18.5. The van der Waals surface area contributed by atoms with Gasteiger partial charge in [0.25, 0.3) is 5.91 Å². The van der Waals surface area contributed by atoms with Crippen molar-refractivity contribution < 1.29 is 9.59 Å². The molecular weight excluding hydrogens is 346 g/mol. The molecule has 3 aromatic carbocycles. The molecule has 0 unspecified atom stereocenters. The van der Waals surface area contributed by atoms with Gasteiger partial charge in [-0.3, -0.25) is 9.59 Å². The molecule has 5 nitrogen and oxygen atoms in total. The molecule has 0 aliphatic carbocycles. The van der Waals surface area contributed by atoms with E-state index in [0.717, 1.165) is 10.8 Å². The van der Waals surface area contributed by atoms with Crippen LogP contribution in [0.1, 0.15) is 17.3 Å². The maximum atomic E-state index is 12.6. The summed E-state index contributed by atoms with van der Waals surface area (Å²) < 4.78 is 0. The molecule has 130 valence electrons. The molecule has 0 bridgehead atoms. The first-order valence-corrected chi connectivity index (χ1v) is 8.41. The molecule has 0 saturated heterocycles. The molecule has 3 N–H and O–H groups in total. The van der Waals surface area contributed by atoms with Crippen molar-refractivity contribution in [2.24, 2.45) is 0 Å². The minimum atomic E-state index is -0.235. The average molecular weight is 363 g/mol. The number of nitrogens with one attached hydrogen (secondary N) is 3. The van der Waals surface area contributed by atoms with Gasteiger partial charge in [-0.15, -0.1) is 0 Å². The summed E-state index contributed by atoms with van der Waals surface area (Å²) in [6.45, 7) is 1.39. The van der Waals surface area contributed by atoms with E-state index in [1.54, 1.807) is 30.3 Å². The number of benzene rings is 3. The molecule has 0 atom stereocenters. The highest BCUT2D eigenvalue weighted by Gasteiger charge is 2.10. The molecule has 0 fully saturated rings. The Hall–Kier alpha value is -3.25. The van der Waals surface area contributed by atoms with E-state index in [-0.39, 0.29) is 16.9 Å². The second-order valence-corrected chi connectivity index (χ2v) is 6.10. The Kier molecular flexibility index (Phi) is 5.24. The second kappa shape index (κ2) is 7.76. The highest BCUT2D eigenvalue weighted by atomic mass is 32.1. The van der Waals surface area contributed by atoms with E-state index in [1.165, 1.54) is 6.92 Å². The Labute approximate surface area is 156 Å². The third kappa shape index (κ3) is 4.23. The normalized spacial score (nSPS) is 10.2. The van der Waals surface area contributed by atoms with Gasteiger partial charge in [0.15, 0.2) is 5.11 Å². The van der Waals surface area contributed by atoms with Gasteiger partial charge in [-0.1, -0.05) is 36.4 Å². The van der Waals surface area contributed by atoms with Crippen LogP contribution in [0.5, 0.6) is 0 Å². The summed E-state index contributed by atoms with van der Waals surface area (Å²) in [6.07, 6.45) is 0. The molecular formula is C20H17N3O2S. The van der Waals surface area contributed by atoms with Crippen LogP contribution in [0.15, 0.2) is 66.7 Å². The second-order valence-electron chi connectivity index (χ2n) is 5.69. The van der Waals surface area contributed by atoms with E-state index in [9.17, 15) is 9.59 Å². The maximum absolute atomic E-state index is 12.6. The van der Waals surface area contributed by atoms with Crippen LogP contribution in [-0.2, 0) is 4.79 Å². The van der Waals surface area contributed by atoms with E-state index >= 15 is 0 Å². The molecule has 0 saturated carbocycles. The lowest BCUT2D eigenvalue weighted by Crippen LogP contribution is -2.32. The lowest BCUT2D eigenvalue weighted by molar-refractivity contribution is -0.117. The fourth-order valence-corrected chi connectivity index (χ4v) is 2.84. The van der Waals surface area contributed by atoms with Crippen molar-refractivity contribution in [3.63, 3.8) is 0 Å². The predicted octanol–water partition coefficient (Wildman–Crippen LogP) is 3.93. The average Bonchev–Trinajstić information content (AvgIpc) is 2.62. The van der Waals surface area contributed by atoms with Crippen molar-refractivity contribution in [2.75, 3.05) is 10.6 Å². The largest absolute Gasteiger partial charge is 0.332 e. The van der Waals surface area contributed by atoms with Crippen molar-refractivity contribution in [1.29, 1.82) is 0 Å². The molecule has 2 amide bonds. The minimum Gasteiger partial charge on any atom is -0.332 e. The topological polar surface area (TPSA) is 70.2 Å². The molecule has 3 aromatic rings. The van der Waals surface area contributed by atoms with Crippen LogP contribution in [-0.4, -0.2) is 16.9 Å². The molecule has 6 heteroatoms. The van der Waals surface area contributed by atoms with Crippen LogP contribution < -0.4 is 16.0 Å². The van der Waals surface area contributed by atoms with Crippen LogP contribution in [0.2, 0.25) is 0 Å². The fraction of sp³-hybridized carbons (Fsp3) is 0.0500. The first-order valence-electron chi connectivity index (χ1n) is 8.01. The predicted molar refractivity (Wildman–Crippen MR) is 108 cm³/mol. The lowest BCUT2D eigenvalue weighted by Gasteiger charge is -2.10. The van der Waals surface area contributed by atoms with Gasteiger partial charge in [-0.25, -0.2) is 0 Å². The van der Waals surface area contributed by atoms with Crippen LogP contribution in [0.25, 0.3) is 10.8 Å². The van der Waals surface area contributed by atoms with Crippen LogP contribution in [0, 0.1) is 0 Å². The molecule has 0 aromatic heterocycles. The molecule has 0 spiro atoms. The van der Waals surface area contributed by atoms with Crippen molar-refractivity contribution in [3.05, 3.63) is 72.3 Å². The highest BCUT2D eigenvalue weighted by Crippen LogP contribution is 2.20. The van der Waals surface area contributed by atoms with Crippen LogP contribution >= 0.6 is 12.2 Å². The Morgan fingerprint density at radius 3 is 2.12 bits per heavy atom. The number of rotatable bonds is 3. The minimum absolute atomic E-state index is 0.170. The fourth-order valence-electron chi connectivity index (χ4n) is 2.58. The molecule has 3 rings (SSSR count). The number of hydrogen-bond donors (Lipinski definition) is 3. The maximum Gasteiger partial charge on any atom is 0.256 e. The first-order chi connectivity index (χ1) is 12.5. The summed E-state index contributed by atoms with van der Waals surface area (Å²) in [4.78, 5) is 23.6. The molecule has 26 heavy (non-hydrogen) atoms. The number of amides is 2. The smallest absolute Gasteiger partial charge is 0.256 e. The van der Waals surface area contributed by atoms with Crippen LogP contribution in [0.3, 0.4) is 0 Å². The molecule has 0 radical (unpaired) electrons. The number of thiocarbonyl (C=S) groups is 1. The SMILES string of the molecule is CC(=O)NC(=S)Nc1ccc(NC(=O)c2cccc3ccccc23)cc1. The number of anilines is 2. The Morgan fingerprint density at radius 1 is 0.808 bits per heavy atom. The monoisotopic (exact) mass is 363 g/mol. The van der Waals surface area contributed by atoms with Crippen molar-refractivity contribution >= 4 is 51.3 Å². The van der Waals surface area contributed by atoms with Gasteiger partial charge in [-0.05, 0) is 53.3 Å². The number of carbonyl (C=O) groups excluding carboxylic acids is 2. The summed E-state index contributed by atoms with van der Waals surface area (Å²) >= 11 is 5.01. The van der Waals surface area contributed by atoms with Crippen LogP contribution in [0.4, 0.5) is 11.4 Å². The van der Waals surface area contributed by atoms with Gasteiger partial charge < -0.3 is 16.0 Å². The van der Waals surface area contributed by atoms with E-state index in [2.05, 4.69) is 16.0 Å². The summed E-state index contributed by atoms with van der Waals surface area (Å²) in [6, 6.07) is 20.5. The summed E-state index contributed by atoms with van der Waals surface area (Å²) in [5.41, 5.74) is 2.00. The highest BCUT2D eigenvalue weighted by molar-refractivity contribution is 7.80. The third-order valence-electron chi connectivity index (χ3n) is 3.72. The van der Waals surface area contributed by atoms with Gasteiger partial charge in [0.1, 0.15) is 0 Å². The van der Waals surface area contributed by atoms with E-state index in [4.69, 9.17) is 12.2 Å². The van der Waals surface area contributed by atoms with Gasteiger partial charge in [0.2, 0.25) is 5.91 Å². The summed E-state index contributed by atoms with van der Waals surface area (Å²) in [5, 5.41) is 10.4. The van der Waals surface area contributed by atoms with Crippen molar-refractivity contribution in [2.45, 2.75) is 6.92 Å². The number of fused-ring (bicyclic) bond motifs is 1.